The van der Waals surface area contributed by atoms with Crippen LogP contribution in [-0.2, 0) is 11.8 Å². The lowest BCUT2D eigenvalue weighted by molar-refractivity contribution is 0.177. The number of rotatable bonds is 3. The Morgan fingerprint density at radius 2 is 2.55 bits per heavy atom. The van der Waals surface area contributed by atoms with E-state index in [9.17, 15) is 0 Å². The number of methoxy groups -OCH3 is 1. The highest BCUT2D eigenvalue weighted by atomic mass is 16.5. The molecule has 0 fully saturated rings. The van der Waals surface area contributed by atoms with Crippen molar-refractivity contribution in [3.8, 4) is 0 Å². The predicted molar refractivity (Wildman–Crippen MR) is 39.8 cm³/mol. The predicted octanol–water partition coefficient (Wildman–Crippen LogP) is -0.539. The molecule has 1 aromatic rings. The van der Waals surface area contributed by atoms with Crippen molar-refractivity contribution in [2.24, 2.45) is 12.8 Å². The van der Waals surface area contributed by atoms with Gasteiger partial charge in [0.25, 0.3) is 0 Å². The van der Waals surface area contributed by atoms with Crippen molar-refractivity contribution in [3.63, 3.8) is 0 Å². The molecule has 1 heterocycles. The van der Waals surface area contributed by atoms with Crippen molar-refractivity contribution in [3.05, 3.63) is 12.2 Å². The fourth-order valence-corrected chi connectivity index (χ4v) is 0.882. The summed E-state index contributed by atoms with van der Waals surface area (Å²) in [5.74, 6) is 0.742. The van der Waals surface area contributed by atoms with Crippen LogP contribution in [0.5, 0.6) is 0 Å². The number of aromatic nitrogens is 3. The third kappa shape index (κ3) is 1.75. The van der Waals surface area contributed by atoms with E-state index in [0.717, 1.165) is 5.82 Å². The molecule has 5 heteroatoms. The zero-order chi connectivity index (χ0) is 8.27. The van der Waals surface area contributed by atoms with Crippen LogP contribution >= 0.6 is 0 Å². The van der Waals surface area contributed by atoms with Crippen molar-refractivity contribution in [1.29, 1.82) is 0 Å². The van der Waals surface area contributed by atoms with E-state index < -0.39 is 0 Å². The van der Waals surface area contributed by atoms with Crippen molar-refractivity contribution in [1.82, 2.24) is 14.8 Å². The minimum Gasteiger partial charge on any atom is -0.383 e. The molecule has 0 aliphatic carbocycles. The Labute approximate surface area is 65.2 Å². The maximum Gasteiger partial charge on any atom is 0.151 e. The van der Waals surface area contributed by atoms with Crippen LogP contribution in [0.2, 0.25) is 0 Å². The number of ether oxygens (including phenoxy) is 1. The van der Waals surface area contributed by atoms with Crippen LogP contribution in [0.1, 0.15) is 11.9 Å². The first-order chi connectivity index (χ1) is 5.25. The van der Waals surface area contributed by atoms with Gasteiger partial charge in [-0.3, -0.25) is 0 Å². The molecule has 0 aromatic carbocycles. The van der Waals surface area contributed by atoms with Crippen molar-refractivity contribution in [2.75, 3.05) is 13.7 Å². The summed E-state index contributed by atoms with van der Waals surface area (Å²) in [6, 6.07) is -0.188. The standard InChI is InChI=1S/C6H12N4O/c1-10-4-8-9-6(10)5(7)3-11-2/h4-5H,3,7H2,1-2H3. The van der Waals surface area contributed by atoms with Crippen LogP contribution < -0.4 is 5.73 Å². The lowest BCUT2D eigenvalue weighted by Crippen LogP contribution is -2.19. The normalized spacial score (nSPS) is 13.4. The van der Waals surface area contributed by atoms with Crippen LogP contribution in [0.15, 0.2) is 6.33 Å². The second-order valence-corrected chi connectivity index (χ2v) is 2.36. The zero-order valence-electron chi connectivity index (χ0n) is 6.69. The van der Waals surface area contributed by atoms with Gasteiger partial charge in [0.15, 0.2) is 5.82 Å². The number of nitrogens with zero attached hydrogens (tertiary/aromatic N) is 3. The molecular formula is C6H12N4O. The summed E-state index contributed by atoms with van der Waals surface area (Å²) >= 11 is 0. The zero-order valence-corrected chi connectivity index (χ0v) is 6.69. The summed E-state index contributed by atoms with van der Waals surface area (Å²) in [4.78, 5) is 0. The molecule has 62 valence electrons. The van der Waals surface area contributed by atoms with E-state index >= 15 is 0 Å². The summed E-state index contributed by atoms with van der Waals surface area (Å²) in [6.07, 6.45) is 1.62. The van der Waals surface area contributed by atoms with Crippen LogP contribution in [-0.4, -0.2) is 28.5 Å². The topological polar surface area (TPSA) is 66.0 Å². The van der Waals surface area contributed by atoms with E-state index in [4.69, 9.17) is 10.5 Å². The SMILES string of the molecule is COCC(N)c1nncn1C. The molecule has 0 aliphatic rings. The molecule has 0 spiro atoms. The summed E-state index contributed by atoms with van der Waals surface area (Å²) in [6.45, 7) is 0.465. The molecule has 1 atom stereocenters. The van der Waals surface area contributed by atoms with Gasteiger partial charge in [-0.1, -0.05) is 0 Å². The first-order valence-electron chi connectivity index (χ1n) is 3.34. The van der Waals surface area contributed by atoms with Crippen LogP contribution in [0.4, 0.5) is 0 Å². The highest BCUT2D eigenvalue weighted by Gasteiger charge is 2.10. The highest BCUT2D eigenvalue weighted by Crippen LogP contribution is 2.03. The smallest absolute Gasteiger partial charge is 0.151 e. The Bertz CT molecular complexity index is 222. The van der Waals surface area contributed by atoms with Gasteiger partial charge >= 0.3 is 0 Å². The molecule has 1 aromatic heterocycles. The van der Waals surface area contributed by atoms with Crippen LogP contribution in [0.3, 0.4) is 0 Å². The molecular weight excluding hydrogens is 144 g/mol. The first kappa shape index (κ1) is 8.16. The minimum absolute atomic E-state index is 0.188. The number of aryl methyl sites for hydroxylation is 1. The maximum absolute atomic E-state index is 5.70. The summed E-state index contributed by atoms with van der Waals surface area (Å²) in [7, 11) is 3.46. The Morgan fingerprint density at radius 3 is 3.00 bits per heavy atom. The lowest BCUT2D eigenvalue weighted by Gasteiger charge is -2.07. The minimum atomic E-state index is -0.188. The van der Waals surface area contributed by atoms with Crippen molar-refractivity contribution < 1.29 is 4.74 Å². The average molecular weight is 156 g/mol. The molecule has 0 saturated heterocycles. The highest BCUT2D eigenvalue weighted by molar-refractivity contribution is 4.92. The van der Waals surface area contributed by atoms with E-state index in [1.165, 1.54) is 0 Å². The number of hydrogen-bond acceptors (Lipinski definition) is 4. The molecule has 0 saturated carbocycles. The van der Waals surface area contributed by atoms with E-state index in [0.29, 0.717) is 6.61 Å². The molecule has 0 bridgehead atoms. The Balaban J connectivity index is 2.67. The van der Waals surface area contributed by atoms with Gasteiger partial charge in [-0.15, -0.1) is 10.2 Å². The van der Waals surface area contributed by atoms with E-state index in [2.05, 4.69) is 10.2 Å². The maximum atomic E-state index is 5.70. The van der Waals surface area contributed by atoms with Gasteiger partial charge in [-0.2, -0.15) is 0 Å². The van der Waals surface area contributed by atoms with Gasteiger partial charge in [-0.25, -0.2) is 0 Å². The van der Waals surface area contributed by atoms with Gasteiger partial charge in [-0.05, 0) is 0 Å². The Kier molecular flexibility index (Phi) is 2.56. The van der Waals surface area contributed by atoms with Crippen LogP contribution in [0, 0.1) is 0 Å². The lowest BCUT2D eigenvalue weighted by atomic mass is 10.3. The average Bonchev–Trinajstić information content (AvgIpc) is 2.36. The van der Waals surface area contributed by atoms with E-state index in [-0.39, 0.29) is 6.04 Å². The number of nitrogens with two attached hydrogens (primary N) is 1. The molecule has 0 radical (unpaired) electrons. The molecule has 2 N–H and O–H groups in total. The van der Waals surface area contributed by atoms with Gasteiger partial charge in [0.2, 0.25) is 0 Å². The third-order valence-corrected chi connectivity index (χ3v) is 1.42. The van der Waals surface area contributed by atoms with Crippen molar-refractivity contribution in [2.45, 2.75) is 6.04 Å². The quantitative estimate of drug-likeness (QED) is 0.638. The largest absolute Gasteiger partial charge is 0.383 e. The Morgan fingerprint density at radius 1 is 1.82 bits per heavy atom. The van der Waals surface area contributed by atoms with E-state index in [1.807, 2.05) is 7.05 Å². The molecule has 0 aliphatic heterocycles. The first-order valence-corrected chi connectivity index (χ1v) is 3.34. The molecule has 5 nitrogen and oxygen atoms in total. The number of hydrogen-bond donors (Lipinski definition) is 1. The molecule has 0 amide bonds. The van der Waals surface area contributed by atoms with Crippen LogP contribution in [0.25, 0.3) is 0 Å². The van der Waals surface area contributed by atoms with Gasteiger partial charge in [0, 0.05) is 14.2 Å². The summed E-state index contributed by atoms with van der Waals surface area (Å²) in [5.41, 5.74) is 5.70. The van der Waals surface area contributed by atoms with Gasteiger partial charge in [0.05, 0.1) is 12.6 Å². The second-order valence-electron chi connectivity index (χ2n) is 2.36. The fourth-order valence-electron chi connectivity index (χ4n) is 0.882. The Hall–Kier alpha value is -0.940. The summed E-state index contributed by atoms with van der Waals surface area (Å²) in [5, 5.41) is 7.54. The summed E-state index contributed by atoms with van der Waals surface area (Å²) < 4.78 is 6.66. The van der Waals surface area contributed by atoms with Gasteiger partial charge < -0.3 is 15.0 Å². The second kappa shape index (κ2) is 3.45. The monoisotopic (exact) mass is 156 g/mol. The molecule has 1 unspecified atom stereocenters. The van der Waals surface area contributed by atoms with Gasteiger partial charge in [0.1, 0.15) is 6.33 Å². The fraction of sp³-hybridized carbons (Fsp3) is 0.667. The molecule has 1 rings (SSSR count). The van der Waals surface area contributed by atoms with E-state index in [1.54, 1.807) is 18.0 Å². The van der Waals surface area contributed by atoms with Crippen molar-refractivity contribution >= 4 is 0 Å². The third-order valence-electron chi connectivity index (χ3n) is 1.42. The molecule has 11 heavy (non-hydrogen) atoms.